The monoisotopic (exact) mass is 626 g/mol. The predicted molar refractivity (Wildman–Crippen MR) is 172 cm³/mol. The molecule has 4 N–H and O–H groups in total. The Morgan fingerprint density at radius 1 is 0.933 bits per heavy atom. The van der Waals surface area contributed by atoms with E-state index in [0.29, 0.717) is 51.4 Å². The second-order valence-electron chi connectivity index (χ2n) is 12.2. The Morgan fingerprint density at radius 2 is 1.73 bits per heavy atom. The second-order valence-corrected chi connectivity index (χ2v) is 14.0. The van der Waals surface area contributed by atoms with E-state index in [0.717, 1.165) is 28.3 Å². The van der Waals surface area contributed by atoms with Crippen LogP contribution in [0.15, 0.2) is 67.3 Å². The van der Waals surface area contributed by atoms with E-state index in [-0.39, 0.29) is 17.9 Å². The summed E-state index contributed by atoms with van der Waals surface area (Å²) in [5.74, 6) is -0.101. The molecular weight excluding hydrogens is 595 g/mol. The van der Waals surface area contributed by atoms with E-state index in [2.05, 4.69) is 35.2 Å². The Morgan fingerprint density at radius 3 is 2.51 bits per heavy atom. The first-order valence-corrected chi connectivity index (χ1v) is 16.0. The van der Waals surface area contributed by atoms with Crippen molar-refractivity contribution in [3.63, 3.8) is 0 Å². The van der Waals surface area contributed by atoms with Crippen LogP contribution in [0.5, 0.6) is 0 Å². The molecule has 2 aromatic carbocycles. The van der Waals surface area contributed by atoms with Gasteiger partial charge >= 0.3 is 0 Å². The topological polar surface area (TPSA) is 158 Å². The van der Waals surface area contributed by atoms with Gasteiger partial charge in [-0.3, -0.25) is 19.9 Å². The molecule has 4 aromatic heterocycles. The van der Waals surface area contributed by atoms with E-state index in [1.165, 1.54) is 12.1 Å². The molecule has 6 rings (SSSR count). The lowest BCUT2D eigenvalue weighted by Gasteiger charge is -2.17. The van der Waals surface area contributed by atoms with Gasteiger partial charge in [0.1, 0.15) is 11.5 Å². The molecule has 0 saturated carbocycles. The number of anilines is 1. The molecule has 0 aliphatic carbocycles. The molecule has 0 atom stereocenters. The van der Waals surface area contributed by atoms with Crippen LogP contribution in [0.1, 0.15) is 32.8 Å². The molecule has 0 aliphatic heterocycles. The number of amides is 1. The van der Waals surface area contributed by atoms with Crippen molar-refractivity contribution in [2.45, 2.75) is 33.7 Å². The van der Waals surface area contributed by atoms with Crippen LogP contribution in [0.25, 0.3) is 55.7 Å². The van der Waals surface area contributed by atoms with Gasteiger partial charge in [0.2, 0.25) is 15.9 Å². The highest BCUT2D eigenvalue weighted by Gasteiger charge is 2.18. The van der Waals surface area contributed by atoms with Crippen molar-refractivity contribution >= 4 is 43.6 Å². The molecule has 0 bridgehead atoms. The number of aromatic nitrogens is 6. The third-order valence-corrected chi connectivity index (χ3v) is 7.70. The van der Waals surface area contributed by atoms with Crippen molar-refractivity contribution < 1.29 is 17.6 Å². The zero-order chi connectivity index (χ0) is 31.9. The number of imidazole rings is 1. The Hall–Kier alpha value is -5.01. The number of carbonyl (C=O) groups is 1. The van der Waals surface area contributed by atoms with Crippen molar-refractivity contribution in [3.05, 3.63) is 78.6 Å². The number of halogens is 1. The molecule has 4 heterocycles. The lowest BCUT2D eigenvalue weighted by Crippen LogP contribution is -2.21. The van der Waals surface area contributed by atoms with Crippen LogP contribution >= 0.6 is 0 Å². The molecule has 0 unspecified atom stereocenters. The van der Waals surface area contributed by atoms with Crippen molar-refractivity contribution in [2.75, 3.05) is 11.6 Å². The number of hydrogen-bond donors (Lipinski definition) is 4. The van der Waals surface area contributed by atoms with Gasteiger partial charge < -0.3 is 10.3 Å². The van der Waals surface area contributed by atoms with Crippen molar-refractivity contribution in [1.29, 1.82) is 0 Å². The molecule has 0 spiro atoms. The summed E-state index contributed by atoms with van der Waals surface area (Å²) in [4.78, 5) is 29.3. The number of nitrogens with zero attached hydrogens (tertiary/aromatic N) is 4. The number of fused-ring (bicyclic) bond motifs is 2. The second kappa shape index (κ2) is 11.5. The van der Waals surface area contributed by atoms with Crippen molar-refractivity contribution in [2.24, 2.45) is 5.41 Å². The van der Waals surface area contributed by atoms with Crippen molar-refractivity contribution in [1.82, 2.24) is 34.9 Å². The first-order chi connectivity index (χ1) is 21.3. The largest absolute Gasteiger partial charge is 0.335 e. The van der Waals surface area contributed by atoms with Gasteiger partial charge in [-0.1, -0.05) is 26.8 Å². The summed E-state index contributed by atoms with van der Waals surface area (Å²) in [6, 6.07) is 12.1. The molecule has 0 fully saturated rings. The average molecular weight is 627 g/mol. The molecule has 230 valence electrons. The fourth-order valence-corrected chi connectivity index (χ4v) is 5.53. The lowest BCUT2D eigenvalue weighted by atomic mass is 9.92. The summed E-state index contributed by atoms with van der Waals surface area (Å²) < 4.78 is 40.1. The number of benzene rings is 2. The lowest BCUT2D eigenvalue weighted by molar-refractivity contribution is -0.117. The van der Waals surface area contributed by atoms with Crippen molar-refractivity contribution in [3.8, 4) is 33.8 Å². The fourth-order valence-electron chi connectivity index (χ4n) is 5.11. The van der Waals surface area contributed by atoms with Gasteiger partial charge in [-0.05, 0) is 58.5 Å². The average Bonchev–Trinajstić information content (AvgIpc) is 3.58. The van der Waals surface area contributed by atoms with Gasteiger partial charge in [-0.15, -0.1) is 0 Å². The van der Waals surface area contributed by atoms with Gasteiger partial charge in [-0.25, -0.2) is 22.5 Å². The van der Waals surface area contributed by atoms with Crippen LogP contribution in [0.2, 0.25) is 0 Å². The van der Waals surface area contributed by atoms with Crippen LogP contribution in [0, 0.1) is 11.2 Å². The minimum absolute atomic E-state index is 0.0535. The summed E-state index contributed by atoms with van der Waals surface area (Å²) in [6.45, 7) is 5.98. The Kier molecular flexibility index (Phi) is 7.67. The Balaban J connectivity index is 1.34. The minimum atomic E-state index is -3.45. The molecule has 6 aromatic rings. The molecule has 13 heteroatoms. The predicted octanol–water partition coefficient (Wildman–Crippen LogP) is 5.79. The first-order valence-electron chi connectivity index (χ1n) is 14.1. The zero-order valence-electron chi connectivity index (χ0n) is 25.1. The van der Waals surface area contributed by atoms with E-state index >= 15 is 0 Å². The number of aromatic amines is 2. The maximum absolute atomic E-state index is 14.6. The van der Waals surface area contributed by atoms with Gasteiger partial charge in [0, 0.05) is 41.9 Å². The van der Waals surface area contributed by atoms with E-state index < -0.39 is 15.8 Å². The van der Waals surface area contributed by atoms with E-state index in [1.54, 1.807) is 30.9 Å². The highest BCUT2D eigenvalue weighted by Crippen LogP contribution is 2.34. The van der Waals surface area contributed by atoms with Crippen LogP contribution in [-0.4, -0.2) is 50.7 Å². The highest BCUT2D eigenvalue weighted by molar-refractivity contribution is 7.88. The van der Waals surface area contributed by atoms with E-state index in [9.17, 15) is 17.6 Å². The van der Waals surface area contributed by atoms with Gasteiger partial charge in [0.25, 0.3) is 0 Å². The summed E-state index contributed by atoms with van der Waals surface area (Å²) >= 11 is 0. The molecule has 0 saturated heterocycles. The Bertz CT molecular complexity index is 2180. The molecular formula is C32H31FN8O3S. The molecule has 0 radical (unpaired) electrons. The standard InChI is InChI=1S/C32H31FN8O3S/c1-32(2,3)12-28(42)37-23-10-21(14-34-15-23)19-5-6-26-24(11-19)30(41-40-26)31-38-27-17-35-16-25(29(27)39-31)20-7-18(8-22(33)9-20)13-36-45(4,43)44/h5-11,14-17,36H,12-13H2,1-4H3,(H,37,42)(H,38,39)(H,40,41). The number of H-pyrrole nitrogens is 2. The Labute approximate surface area is 258 Å². The van der Waals surface area contributed by atoms with Crippen LogP contribution in [0.3, 0.4) is 0 Å². The van der Waals surface area contributed by atoms with Gasteiger partial charge in [-0.2, -0.15) is 5.10 Å². The molecule has 11 nitrogen and oxygen atoms in total. The summed E-state index contributed by atoms with van der Waals surface area (Å²) in [6.07, 6.45) is 8.01. The smallest absolute Gasteiger partial charge is 0.224 e. The third-order valence-electron chi connectivity index (χ3n) is 7.03. The summed E-state index contributed by atoms with van der Waals surface area (Å²) in [7, 11) is -3.45. The van der Waals surface area contributed by atoms with E-state index in [1.807, 2.05) is 45.0 Å². The number of sulfonamides is 1. The quantitative estimate of drug-likeness (QED) is 0.166. The molecule has 1 amide bonds. The summed E-state index contributed by atoms with van der Waals surface area (Å²) in [5.41, 5.74) is 6.26. The molecule has 0 aliphatic rings. The maximum atomic E-state index is 14.6. The number of pyridine rings is 2. The summed E-state index contributed by atoms with van der Waals surface area (Å²) in [5, 5.41) is 11.3. The van der Waals surface area contributed by atoms with Gasteiger partial charge in [0.15, 0.2) is 5.82 Å². The molecule has 45 heavy (non-hydrogen) atoms. The van der Waals surface area contributed by atoms with Crippen LogP contribution < -0.4 is 10.0 Å². The number of nitrogens with one attached hydrogen (secondary N) is 4. The highest BCUT2D eigenvalue weighted by atomic mass is 32.2. The van der Waals surface area contributed by atoms with E-state index in [4.69, 9.17) is 4.98 Å². The minimum Gasteiger partial charge on any atom is -0.335 e. The van der Waals surface area contributed by atoms with Crippen LogP contribution in [-0.2, 0) is 21.4 Å². The van der Waals surface area contributed by atoms with Gasteiger partial charge in [0.05, 0.1) is 40.9 Å². The normalized spacial score (nSPS) is 12.2. The zero-order valence-corrected chi connectivity index (χ0v) is 25.9. The number of hydrogen-bond acceptors (Lipinski definition) is 7. The fraction of sp³-hybridized carbons (Fsp3) is 0.219. The van der Waals surface area contributed by atoms with Crippen LogP contribution in [0.4, 0.5) is 10.1 Å². The number of carbonyl (C=O) groups excluding carboxylic acids is 1. The number of rotatable bonds is 8. The SMILES string of the molecule is CC(C)(C)CC(=O)Nc1cncc(-c2ccc3[nH]nc(-c4nc5c(-c6cc(F)cc(CNS(C)(=O)=O)c6)cncc5[nH]4)c3c2)c1. The maximum Gasteiger partial charge on any atom is 0.224 e. The first kappa shape index (κ1) is 30.0. The third kappa shape index (κ3) is 6.89.